The number of rotatable bonds is 5. The van der Waals surface area contributed by atoms with E-state index < -0.39 is 29.9 Å². The Morgan fingerprint density at radius 1 is 1.25 bits per heavy atom. The van der Waals surface area contributed by atoms with Gasteiger partial charge < -0.3 is 4.89 Å². The van der Waals surface area contributed by atoms with Crippen LogP contribution in [0.4, 0.5) is 13.2 Å². The highest BCUT2D eigenvalue weighted by atomic mass is 19.4. The molecule has 6 heteroatoms. The number of hydrogen-bond acceptors (Lipinski definition) is 3. The third kappa shape index (κ3) is 4.23. The first kappa shape index (κ1) is 16.5. The monoisotopic (exact) mass is 290 g/mol. The van der Waals surface area contributed by atoms with Crippen LogP contribution >= 0.6 is 0 Å². The molecule has 20 heavy (non-hydrogen) atoms. The first-order chi connectivity index (χ1) is 9.18. The Morgan fingerprint density at radius 3 is 2.25 bits per heavy atom. The minimum Gasteiger partial charge on any atom is -0.300 e. The summed E-state index contributed by atoms with van der Waals surface area (Å²) in [6, 6.07) is 9.09. The quantitative estimate of drug-likeness (QED) is 0.660. The van der Waals surface area contributed by atoms with Crippen molar-refractivity contribution in [1.29, 1.82) is 0 Å². The van der Waals surface area contributed by atoms with E-state index in [0.29, 0.717) is 0 Å². The summed E-state index contributed by atoms with van der Waals surface area (Å²) in [7, 11) is 0. The van der Waals surface area contributed by atoms with Crippen LogP contribution < -0.4 is 0 Å². The predicted molar refractivity (Wildman–Crippen MR) is 67.0 cm³/mol. The summed E-state index contributed by atoms with van der Waals surface area (Å²) in [5.74, 6) is -3.98. The summed E-state index contributed by atoms with van der Waals surface area (Å²) in [5.41, 5.74) is 0.374. The summed E-state index contributed by atoms with van der Waals surface area (Å²) in [6.07, 6.45) is -5.03. The van der Waals surface area contributed by atoms with E-state index in [9.17, 15) is 18.0 Å². The summed E-state index contributed by atoms with van der Waals surface area (Å²) in [4.78, 5) is 14.3. The van der Waals surface area contributed by atoms with E-state index in [1.54, 1.807) is 26.0 Å². The van der Waals surface area contributed by atoms with Gasteiger partial charge in [0.25, 0.3) is 0 Å². The maximum atomic E-state index is 12.7. The van der Waals surface area contributed by atoms with Gasteiger partial charge in [-0.05, 0) is 23.8 Å². The third-order valence-corrected chi connectivity index (χ3v) is 3.38. The highest BCUT2D eigenvalue weighted by molar-refractivity contribution is 5.72. The van der Waals surface area contributed by atoms with Crippen LogP contribution in [0.1, 0.15) is 32.3 Å². The zero-order valence-electron chi connectivity index (χ0n) is 11.3. The van der Waals surface area contributed by atoms with Crippen molar-refractivity contribution < 1.29 is 28.1 Å². The molecule has 1 atom stereocenters. The van der Waals surface area contributed by atoms with E-state index in [1.807, 2.05) is 18.2 Å². The Hall–Kier alpha value is -1.56. The molecule has 0 aliphatic carbocycles. The van der Waals surface area contributed by atoms with Gasteiger partial charge in [-0.1, -0.05) is 44.2 Å². The molecule has 0 aromatic heterocycles. The highest BCUT2D eigenvalue weighted by Crippen LogP contribution is 2.36. The number of halogens is 3. The van der Waals surface area contributed by atoms with Crippen molar-refractivity contribution in [1.82, 2.24) is 0 Å². The molecule has 0 bridgehead atoms. The van der Waals surface area contributed by atoms with Gasteiger partial charge in [-0.2, -0.15) is 18.4 Å². The molecule has 1 N–H and O–H groups in total. The molecule has 0 saturated heterocycles. The second-order valence-electron chi connectivity index (χ2n) is 5.29. The summed E-state index contributed by atoms with van der Waals surface area (Å²) in [5, 5.41) is 8.17. The highest BCUT2D eigenvalue weighted by Gasteiger charge is 2.46. The van der Waals surface area contributed by atoms with Crippen LogP contribution in [0, 0.1) is 5.92 Å². The Bertz CT molecular complexity index is 441. The van der Waals surface area contributed by atoms with Crippen molar-refractivity contribution in [2.24, 2.45) is 5.92 Å². The van der Waals surface area contributed by atoms with Crippen LogP contribution in [-0.4, -0.2) is 17.4 Å². The molecule has 1 unspecified atom stereocenters. The van der Waals surface area contributed by atoms with Gasteiger partial charge >= 0.3 is 12.1 Å². The zero-order valence-corrected chi connectivity index (χ0v) is 11.3. The number of hydrogen-bond donors (Lipinski definition) is 1. The van der Waals surface area contributed by atoms with Crippen LogP contribution in [0.3, 0.4) is 0 Å². The van der Waals surface area contributed by atoms with Gasteiger partial charge in [-0.25, -0.2) is 4.79 Å². The molecule has 1 aromatic rings. The fourth-order valence-corrected chi connectivity index (χ4v) is 2.02. The van der Waals surface area contributed by atoms with E-state index in [-0.39, 0.29) is 6.42 Å². The van der Waals surface area contributed by atoms with Crippen LogP contribution in [-0.2, 0) is 15.1 Å². The van der Waals surface area contributed by atoms with Crippen LogP contribution in [0.5, 0.6) is 0 Å². The lowest BCUT2D eigenvalue weighted by Crippen LogP contribution is -2.33. The molecule has 0 fully saturated rings. The van der Waals surface area contributed by atoms with E-state index in [2.05, 4.69) is 4.89 Å². The van der Waals surface area contributed by atoms with E-state index in [4.69, 9.17) is 5.26 Å². The van der Waals surface area contributed by atoms with Crippen molar-refractivity contribution in [2.45, 2.75) is 38.3 Å². The normalized spacial score (nSPS) is 13.9. The van der Waals surface area contributed by atoms with Crippen molar-refractivity contribution in [3.8, 4) is 0 Å². The largest absolute Gasteiger partial charge is 0.402 e. The van der Waals surface area contributed by atoms with Gasteiger partial charge in [-0.3, -0.25) is 0 Å². The second-order valence-corrected chi connectivity index (χ2v) is 5.29. The molecule has 0 radical (unpaired) electrons. The zero-order chi connectivity index (χ0) is 15.4. The van der Waals surface area contributed by atoms with Gasteiger partial charge in [0.15, 0.2) is 5.92 Å². The second kappa shape index (κ2) is 6.26. The first-order valence-corrected chi connectivity index (χ1v) is 6.16. The molecule has 1 aromatic carbocycles. The van der Waals surface area contributed by atoms with E-state index >= 15 is 0 Å². The molecular weight excluding hydrogens is 273 g/mol. The van der Waals surface area contributed by atoms with Gasteiger partial charge in [0.2, 0.25) is 0 Å². The Balaban J connectivity index is 2.80. The van der Waals surface area contributed by atoms with Crippen molar-refractivity contribution >= 4 is 5.97 Å². The average Bonchev–Trinajstić information content (AvgIpc) is 2.38. The number of carbonyl (C=O) groups excluding carboxylic acids is 1. The number of alkyl halides is 3. The topological polar surface area (TPSA) is 46.5 Å². The SMILES string of the molecule is CC(C)(CCC(C(=O)OO)C(F)(F)F)c1ccccc1. The molecule has 0 saturated carbocycles. The lowest BCUT2D eigenvalue weighted by molar-refractivity contribution is -0.260. The van der Waals surface area contributed by atoms with Crippen LogP contribution in [0.15, 0.2) is 30.3 Å². The average molecular weight is 290 g/mol. The van der Waals surface area contributed by atoms with Crippen molar-refractivity contribution in [3.05, 3.63) is 35.9 Å². The lowest BCUT2D eigenvalue weighted by atomic mass is 9.78. The molecule has 0 aliphatic rings. The van der Waals surface area contributed by atoms with Crippen LogP contribution in [0.2, 0.25) is 0 Å². The van der Waals surface area contributed by atoms with Crippen molar-refractivity contribution in [3.63, 3.8) is 0 Å². The fraction of sp³-hybridized carbons (Fsp3) is 0.500. The van der Waals surface area contributed by atoms with Crippen LogP contribution in [0.25, 0.3) is 0 Å². The number of benzene rings is 1. The Morgan fingerprint density at radius 2 is 1.80 bits per heavy atom. The smallest absolute Gasteiger partial charge is 0.300 e. The summed E-state index contributed by atoms with van der Waals surface area (Å²) >= 11 is 0. The third-order valence-electron chi connectivity index (χ3n) is 3.38. The standard InChI is InChI=1S/C14H17F3O3/c1-13(2,10-6-4-3-5-7-10)9-8-11(12(18)20-19)14(15,16)17/h3-7,11,19H,8-9H2,1-2H3. The molecule has 0 aliphatic heterocycles. The Kier molecular flexibility index (Phi) is 5.16. The van der Waals surface area contributed by atoms with Crippen molar-refractivity contribution in [2.75, 3.05) is 0 Å². The minimum atomic E-state index is -4.73. The molecule has 0 spiro atoms. The lowest BCUT2D eigenvalue weighted by Gasteiger charge is -2.27. The minimum absolute atomic E-state index is 0.135. The molecule has 3 nitrogen and oxygen atoms in total. The van der Waals surface area contributed by atoms with Gasteiger partial charge in [0, 0.05) is 0 Å². The molecular formula is C14H17F3O3. The Labute approximate surface area is 115 Å². The summed E-state index contributed by atoms with van der Waals surface area (Å²) in [6.45, 7) is 3.61. The van der Waals surface area contributed by atoms with Gasteiger partial charge in [0.05, 0.1) is 0 Å². The number of carbonyl (C=O) groups is 1. The molecule has 0 amide bonds. The van der Waals surface area contributed by atoms with E-state index in [1.165, 1.54) is 0 Å². The fourth-order valence-electron chi connectivity index (χ4n) is 2.02. The van der Waals surface area contributed by atoms with Gasteiger partial charge in [-0.15, -0.1) is 0 Å². The molecule has 0 heterocycles. The summed E-state index contributed by atoms with van der Waals surface area (Å²) < 4.78 is 38.2. The van der Waals surface area contributed by atoms with Gasteiger partial charge in [0.1, 0.15) is 0 Å². The predicted octanol–water partition coefficient (Wildman–Crippen LogP) is 3.94. The van der Waals surface area contributed by atoms with E-state index in [0.717, 1.165) is 5.56 Å². The maximum Gasteiger partial charge on any atom is 0.402 e. The maximum absolute atomic E-state index is 12.7. The molecule has 112 valence electrons. The first-order valence-electron chi connectivity index (χ1n) is 6.16. The molecule has 1 rings (SSSR count).